The van der Waals surface area contributed by atoms with Gasteiger partial charge < -0.3 is 0 Å². The van der Waals surface area contributed by atoms with Crippen LogP contribution >= 0.6 is 0 Å². The summed E-state index contributed by atoms with van der Waals surface area (Å²) in [5.41, 5.74) is 4.04. The van der Waals surface area contributed by atoms with E-state index in [1.165, 1.54) is 16.7 Å². The van der Waals surface area contributed by atoms with Gasteiger partial charge in [-0.25, -0.2) is 0 Å². The average molecular weight is 172 g/mol. The Morgan fingerprint density at radius 2 is 1.69 bits per heavy atom. The normalized spacial score (nSPS) is 9.62. The number of benzene rings is 1. The molecule has 0 bridgehead atoms. The molecule has 0 aliphatic heterocycles. The standard InChI is InChI=1S/C13H16/c1-4-6-12-9-8-11(3)10-13(12)7-5-2/h4-5,8-10H,1-2,6-7H2,3H3. The van der Waals surface area contributed by atoms with Crippen molar-refractivity contribution in [2.24, 2.45) is 0 Å². The zero-order valence-electron chi connectivity index (χ0n) is 8.22. The van der Waals surface area contributed by atoms with Gasteiger partial charge in [-0.05, 0) is 30.9 Å². The molecule has 0 heteroatoms. The van der Waals surface area contributed by atoms with Crippen molar-refractivity contribution in [1.82, 2.24) is 0 Å². The SMILES string of the molecule is C=CCc1ccc(C)cc1CC=C. The van der Waals surface area contributed by atoms with Crippen molar-refractivity contribution < 1.29 is 0 Å². The first-order chi connectivity index (χ1) is 6.27. The van der Waals surface area contributed by atoms with Crippen LogP contribution < -0.4 is 0 Å². The van der Waals surface area contributed by atoms with E-state index in [1.807, 2.05) is 12.2 Å². The fraction of sp³-hybridized carbons (Fsp3) is 0.231. The highest BCUT2D eigenvalue weighted by Gasteiger charge is 1.98. The minimum Gasteiger partial charge on any atom is -0.103 e. The molecule has 1 rings (SSSR count). The molecule has 0 aliphatic carbocycles. The van der Waals surface area contributed by atoms with E-state index in [1.54, 1.807) is 0 Å². The van der Waals surface area contributed by atoms with E-state index in [4.69, 9.17) is 0 Å². The largest absolute Gasteiger partial charge is 0.103 e. The van der Waals surface area contributed by atoms with Gasteiger partial charge in [-0.2, -0.15) is 0 Å². The molecule has 0 aromatic heterocycles. The van der Waals surface area contributed by atoms with E-state index >= 15 is 0 Å². The quantitative estimate of drug-likeness (QED) is 0.610. The highest BCUT2D eigenvalue weighted by molar-refractivity contribution is 5.34. The molecule has 0 N–H and O–H groups in total. The van der Waals surface area contributed by atoms with Gasteiger partial charge >= 0.3 is 0 Å². The van der Waals surface area contributed by atoms with Crippen molar-refractivity contribution in [2.75, 3.05) is 0 Å². The number of hydrogen-bond donors (Lipinski definition) is 0. The second kappa shape index (κ2) is 4.66. The van der Waals surface area contributed by atoms with E-state index in [0.717, 1.165) is 12.8 Å². The summed E-state index contributed by atoms with van der Waals surface area (Å²) < 4.78 is 0. The van der Waals surface area contributed by atoms with Crippen LogP contribution in [0.5, 0.6) is 0 Å². The Bertz CT molecular complexity index is 308. The van der Waals surface area contributed by atoms with E-state index in [9.17, 15) is 0 Å². The number of allylic oxidation sites excluding steroid dienone is 2. The van der Waals surface area contributed by atoms with Crippen LogP contribution in [0.1, 0.15) is 16.7 Å². The molecule has 0 saturated heterocycles. The van der Waals surface area contributed by atoms with Gasteiger partial charge in [0.05, 0.1) is 0 Å². The molecule has 0 heterocycles. The van der Waals surface area contributed by atoms with Crippen molar-refractivity contribution >= 4 is 0 Å². The molecule has 0 amide bonds. The first-order valence-corrected chi connectivity index (χ1v) is 4.58. The molecule has 0 nitrogen and oxygen atoms in total. The Hall–Kier alpha value is -1.30. The van der Waals surface area contributed by atoms with Gasteiger partial charge in [0.1, 0.15) is 0 Å². The van der Waals surface area contributed by atoms with Gasteiger partial charge in [0, 0.05) is 0 Å². The Morgan fingerprint density at radius 3 is 2.31 bits per heavy atom. The highest BCUT2D eigenvalue weighted by atomic mass is 14.0. The zero-order chi connectivity index (χ0) is 9.68. The first kappa shape index (κ1) is 9.79. The van der Waals surface area contributed by atoms with Crippen LogP contribution in [0.3, 0.4) is 0 Å². The lowest BCUT2D eigenvalue weighted by Crippen LogP contribution is -1.92. The van der Waals surface area contributed by atoms with E-state index in [0.29, 0.717) is 0 Å². The van der Waals surface area contributed by atoms with E-state index in [-0.39, 0.29) is 0 Å². The highest BCUT2D eigenvalue weighted by Crippen LogP contribution is 2.13. The number of hydrogen-bond acceptors (Lipinski definition) is 0. The second-order valence-electron chi connectivity index (χ2n) is 3.26. The van der Waals surface area contributed by atoms with Crippen molar-refractivity contribution in [3.8, 4) is 0 Å². The molecular weight excluding hydrogens is 156 g/mol. The summed E-state index contributed by atoms with van der Waals surface area (Å²) in [4.78, 5) is 0. The molecule has 1 aromatic rings. The van der Waals surface area contributed by atoms with Crippen LogP contribution in [0, 0.1) is 6.92 Å². The lowest BCUT2D eigenvalue weighted by molar-refractivity contribution is 1.14. The van der Waals surface area contributed by atoms with Crippen LogP contribution in [-0.4, -0.2) is 0 Å². The predicted molar refractivity (Wildman–Crippen MR) is 59.0 cm³/mol. The van der Waals surface area contributed by atoms with Crippen molar-refractivity contribution in [3.63, 3.8) is 0 Å². The van der Waals surface area contributed by atoms with Crippen molar-refractivity contribution in [3.05, 3.63) is 60.2 Å². The maximum atomic E-state index is 3.76. The number of rotatable bonds is 4. The lowest BCUT2D eigenvalue weighted by Gasteiger charge is -2.06. The summed E-state index contributed by atoms with van der Waals surface area (Å²) in [5.74, 6) is 0. The summed E-state index contributed by atoms with van der Waals surface area (Å²) in [6.45, 7) is 9.63. The van der Waals surface area contributed by atoms with Crippen LogP contribution in [0.2, 0.25) is 0 Å². The third kappa shape index (κ3) is 2.59. The Kier molecular flexibility index (Phi) is 3.51. The summed E-state index contributed by atoms with van der Waals surface area (Å²) >= 11 is 0. The van der Waals surface area contributed by atoms with Crippen molar-refractivity contribution in [1.29, 1.82) is 0 Å². The predicted octanol–water partition coefficient (Wildman–Crippen LogP) is 3.45. The third-order valence-electron chi connectivity index (χ3n) is 2.09. The topological polar surface area (TPSA) is 0 Å². The van der Waals surface area contributed by atoms with Gasteiger partial charge in [-0.15, -0.1) is 13.2 Å². The summed E-state index contributed by atoms with van der Waals surface area (Å²) in [6, 6.07) is 6.54. The molecule has 0 radical (unpaired) electrons. The van der Waals surface area contributed by atoms with Crippen LogP contribution in [0.4, 0.5) is 0 Å². The second-order valence-corrected chi connectivity index (χ2v) is 3.26. The van der Waals surface area contributed by atoms with E-state index < -0.39 is 0 Å². The van der Waals surface area contributed by atoms with Gasteiger partial charge in [0.2, 0.25) is 0 Å². The van der Waals surface area contributed by atoms with Crippen LogP contribution in [-0.2, 0) is 12.8 Å². The molecule has 0 atom stereocenters. The minimum atomic E-state index is 0.948. The monoisotopic (exact) mass is 172 g/mol. The minimum absolute atomic E-state index is 0.948. The molecule has 0 fully saturated rings. The Morgan fingerprint density at radius 1 is 1.08 bits per heavy atom. The first-order valence-electron chi connectivity index (χ1n) is 4.58. The molecule has 68 valence electrons. The van der Waals surface area contributed by atoms with Gasteiger partial charge in [0.25, 0.3) is 0 Å². The molecule has 0 saturated carbocycles. The number of aryl methyl sites for hydroxylation is 1. The Balaban J connectivity index is 3.01. The van der Waals surface area contributed by atoms with Gasteiger partial charge in [-0.1, -0.05) is 35.9 Å². The fourth-order valence-corrected chi connectivity index (χ4v) is 1.45. The molecular formula is C13H16. The van der Waals surface area contributed by atoms with Crippen molar-refractivity contribution in [2.45, 2.75) is 19.8 Å². The maximum absolute atomic E-state index is 3.76. The van der Waals surface area contributed by atoms with Crippen LogP contribution in [0.25, 0.3) is 0 Å². The molecule has 13 heavy (non-hydrogen) atoms. The lowest BCUT2D eigenvalue weighted by atomic mass is 9.99. The van der Waals surface area contributed by atoms with Gasteiger partial charge in [0.15, 0.2) is 0 Å². The molecule has 0 spiro atoms. The summed E-state index contributed by atoms with van der Waals surface area (Å²) in [7, 11) is 0. The fourth-order valence-electron chi connectivity index (χ4n) is 1.45. The molecule has 0 unspecified atom stereocenters. The third-order valence-corrected chi connectivity index (χ3v) is 2.09. The average Bonchev–Trinajstić information content (AvgIpc) is 2.10. The zero-order valence-corrected chi connectivity index (χ0v) is 8.22. The van der Waals surface area contributed by atoms with Crippen LogP contribution in [0.15, 0.2) is 43.5 Å². The molecule has 0 aliphatic rings. The Labute approximate surface area is 80.6 Å². The molecule has 1 aromatic carbocycles. The summed E-state index contributed by atoms with van der Waals surface area (Å²) in [5, 5.41) is 0. The smallest absolute Gasteiger partial charge is 0.00972 e. The van der Waals surface area contributed by atoms with Gasteiger partial charge in [-0.3, -0.25) is 0 Å². The van der Waals surface area contributed by atoms with E-state index in [2.05, 4.69) is 38.3 Å². The maximum Gasteiger partial charge on any atom is -0.00972 e. The summed E-state index contributed by atoms with van der Waals surface area (Å²) in [6.07, 6.45) is 5.78.